The van der Waals surface area contributed by atoms with Crippen LogP contribution in [0.15, 0.2) is 24.3 Å². The first-order valence-electron chi connectivity index (χ1n) is 7.41. The first-order valence-corrected chi connectivity index (χ1v) is 9.06. The molecule has 0 amide bonds. The fraction of sp³-hybridized carbons (Fsp3) is 0.600. The molecular weight excluding hydrogens is 288 g/mol. The quantitative estimate of drug-likeness (QED) is 0.875. The van der Waals surface area contributed by atoms with Crippen LogP contribution in [0, 0.1) is 0 Å². The molecule has 0 spiro atoms. The molecule has 0 aliphatic carbocycles. The van der Waals surface area contributed by atoms with Crippen molar-refractivity contribution in [3.8, 4) is 0 Å². The highest BCUT2D eigenvalue weighted by Crippen LogP contribution is 2.23. The number of anilines is 1. The van der Waals surface area contributed by atoms with Crippen molar-refractivity contribution < 1.29 is 13.2 Å². The minimum absolute atomic E-state index is 0.0644. The van der Waals surface area contributed by atoms with Gasteiger partial charge in [-0.2, -0.15) is 0 Å². The number of nitrogens with one attached hydrogen (secondary N) is 1. The van der Waals surface area contributed by atoms with Crippen LogP contribution in [0.1, 0.15) is 31.4 Å². The van der Waals surface area contributed by atoms with E-state index in [0.717, 1.165) is 31.7 Å². The molecule has 1 atom stereocenters. The number of rotatable bonds is 6. The van der Waals surface area contributed by atoms with E-state index in [9.17, 15) is 8.42 Å². The normalized spacial score (nSPS) is 20.4. The summed E-state index contributed by atoms with van der Waals surface area (Å²) in [7, 11) is -1.16. The Hall–Kier alpha value is -1.11. The van der Waals surface area contributed by atoms with Gasteiger partial charge < -0.3 is 9.64 Å². The number of sulfonamides is 1. The van der Waals surface area contributed by atoms with Gasteiger partial charge in [-0.05, 0) is 31.2 Å². The zero-order chi connectivity index (χ0) is 15.3. The summed E-state index contributed by atoms with van der Waals surface area (Å²) >= 11 is 0. The topological polar surface area (TPSA) is 58.6 Å². The van der Waals surface area contributed by atoms with Crippen molar-refractivity contribution in [1.29, 1.82) is 0 Å². The molecule has 0 aromatic heterocycles. The Labute approximate surface area is 127 Å². The number of unbranched alkanes of at least 4 members (excludes halogenated alkanes) is 1. The van der Waals surface area contributed by atoms with Crippen LogP contribution in [0.4, 0.5) is 5.69 Å². The van der Waals surface area contributed by atoms with Gasteiger partial charge in [0.15, 0.2) is 0 Å². The minimum Gasteiger partial charge on any atom is -0.371 e. The molecule has 1 aromatic rings. The monoisotopic (exact) mass is 312 g/mol. The molecule has 5 nitrogen and oxygen atoms in total. The second kappa shape index (κ2) is 7.24. The van der Waals surface area contributed by atoms with Crippen molar-refractivity contribution in [3.63, 3.8) is 0 Å². The smallest absolute Gasteiger partial charge is 0.232 e. The lowest BCUT2D eigenvalue weighted by Crippen LogP contribution is -2.35. The molecule has 1 aromatic carbocycles. The highest BCUT2D eigenvalue weighted by molar-refractivity contribution is 7.92. The molecule has 6 heteroatoms. The molecule has 0 bridgehead atoms. The fourth-order valence-electron chi connectivity index (χ4n) is 2.31. The first kappa shape index (κ1) is 16.3. The number of likely N-dealkylation sites (N-methyl/N-ethyl adjacent to an activating group) is 1. The van der Waals surface area contributed by atoms with E-state index in [-0.39, 0.29) is 11.9 Å². The van der Waals surface area contributed by atoms with Crippen LogP contribution >= 0.6 is 0 Å². The van der Waals surface area contributed by atoms with Gasteiger partial charge in [-0.25, -0.2) is 8.42 Å². The summed E-state index contributed by atoms with van der Waals surface area (Å²) in [6.45, 7) is 4.52. The van der Waals surface area contributed by atoms with Gasteiger partial charge in [-0.15, -0.1) is 0 Å². The van der Waals surface area contributed by atoms with Gasteiger partial charge >= 0.3 is 0 Å². The van der Waals surface area contributed by atoms with Gasteiger partial charge in [0, 0.05) is 18.8 Å². The molecule has 118 valence electrons. The standard InChI is InChI=1S/C15H24N2O3S/c1-3-4-11-21(18,19)16-14-7-5-13(6-8-14)15-12-17(2)9-10-20-15/h5-8,15-16H,3-4,9-12H2,1-2H3. The number of ether oxygens (including phenoxy) is 1. The summed E-state index contributed by atoms with van der Waals surface area (Å²) in [6.07, 6.45) is 1.61. The molecule has 21 heavy (non-hydrogen) atoms. The molecule has 1 N–H and O–H groups in total. The maximum atomic E-state index is 11.8. The molecule has 2 rings (SSSR count). The van der Waals surface area contributed by atoms with E-state index in [0.29, 0.717) is 12.1 Å². The third kappa shape index (κ3) is 4.98. The van der Waals surface area contributed by atoms with Crippen molar-refractivity contribution >= 4 is 15.7 Å². The van der Waals surface area contributed by atoms with Crippen LogP contribution in [0.2, 0.25) is 0 Å². The Morgan fingerprint density at radius 1 is 1.33 bits per heavy atom. The highest BCUT2D eigenvalue weighted by Gasteiger charge is 2.19. The second-order valence-corrected chi connectivity index (χ2v) is 7.36. The first-order chi connectivity index (χ1) is 10.00. The molecular formula is C15H24N2O3S. The van der Waals surface area contributed by atoms with Crippen molar-refractivity contribution in [1.82, 2.24) is 4.90 Å². The molecule has 1 heterocycles. The Morgan fingerprint density at radius 2 is 2.05 bits per heavy atom. The van der Waals surface area contributed by atoms with Gasteiger partial charge in [0.05, 0.1) is 18.5 Å². The van der Waals surface area contributed by atoms with Gasteiger partial charge in [0.2, 0.25) is 10.0 Å². The molecule has 1 fully saturated rings. The molecule has 1 saturated heterocycles. The average Bonchev–Trinajstić information content (AvgIpc) is 2.46. The minimum atomic E-state index is -3.23. The van der Waals surface area contributed by atoms with E-state index >= 15 is 0 Å². The van der Waals surface area contributed by atoms with Crippen LogP contribution in [0.3, 0.4) is 0 Å². The van der Waals surface area contributed by atoms with Crippen LogP contribution < -0.4 is 4.72 Å². The number of morpholine rings is 1. The number of hydrogen-bond donors (Lipinski definition) is 1. The lowest BCUT2D eigenvalue weighted by Gasteiger charge is -2.30. The van der Waals surface area contributed by atoms with Gasteiger partial charge in [0.25, 0.3) is 0 Å². The molecule has 1 aliphatic rings. The molecule has 0 saturated carbocycles. The van der Waals surface area contributed by atoms with Crippen LogP contribution in [-0.4, -0.2) is 45.8 Å². The van der Waals surface area contributed by atoms with Crippen molar-refractivity contribution in [2.45, 2.75) is 25.9 Å². The van der Waals surface area contributed by atoms with Gasteiger partial charge in [-0.3, -0.25) is 4.72 Å². The van der Waals surface area contributed by atoms with Crippen molar-refractivity contribution in [2.75, 3.05) is 37.2 Å². The lowest BCUT2D eigenvalue weighted by atomic mass is 10.1. The Balaban J connectivity index is 1.98. The number of nitrogens with zero attached hydrogens (tertiary/aromatic N) is 1. The zero-order valence-electron chi connectivity index (χ0n) is 12.7. The van der Waals surface area contributed by atoms with E-state index in [4.69, 9.17) is 4.74 Å². The third-order valence-electron chi connectivity index (χ3n) is 3.59. The largest absolute Gasteiger partial charge is 0.371 e. The fourth-order valence-corrected chi connectivity index (χ4v) is 3.58. The average molecular weight is 312 g/mol. The summed E-state index contributed by atoms with van der Waals surface area (Å²) in [5, 5.41) is 0. The van der Waals surface area contributed by atoms with Crippen LogP contribution in [0.25, 0.3) is 0 Å². The third-order valence-corrected chi connectivity index (χ3v) is 4.96. The highest BCUT2D eigenvalue weighted by atomic mass is 32.2. The van der Waals surface area contributed by atoms with E-state index in [1.165, 1.54) is 0 Å². The summed E-state index contributed by atoms with van der Waals surface area (Å²) in [6, 6.07) is 7.47. The molecule has 0 radical (unpaired) electrons. The summed E-state index contributed by atoms with van der Waals surface area (Å²) < 4.78 is 32.1. The number of hydrogen-bond acceptors (Lipinski definition) is 4. The Kier molecular flexibility index (Phi) is 5.61. The van der Waals surface area contributed by atoms with Crippen LogP contribution in [0.5, 0.6) is 0 Å². The molecule has 1 aliphatic heterocycles. The predicted molar refractivity (Wildman–Crippen MR) is 84.9 cm³/mol. The lowest BCUT2D eigenvalue weighted by molar-refractivity contribution is -0.0208. The molecule has 1 unspecified atom stereocenters. The maximum Gasteiger partial charge on any atom is 0.232 e. The summed E-state index contributed by atoms with van der Waals surface area (Å²) in [5.41, 5.74) is 1.69. The summed E-state index contributed by atoms with van der Waals surface area (Å²) in [4.78, 5) is 2.23. The van der Waals surface area contributed by atoms with E-state index in [1.54, 1.807) is 12.1 Å². The predicted octanol–water partition coefficient (Wildman–Crippen LogP) is 2.23. The van der Waals surface area contributed by atoms with Gasteiger partial charge in [0.1, 0.15) is 0 Å². The Bertz CT molecular complexity index is 543. The summed E-state index contributed by atoms with van der Waals surface area (Å²) in [5.74, 6) is 0.168. The van der Waals surface area contributed by atoms with Crippen LogP contribution in [-0.2, 0) is 14.8 Å². The van der Waals surface area contributed by atoms with E-state index in [2.05, 4.69) is 16.7 Å². The van der Waals surface area contributed by atoms with Crippen molar-refractivity contribution in [2.24, 2.45) is 0 Å². The van der Waals surface area contributed by atoms with Crippen molar-refractivity contribution in [3.05, 3.63) is 29.8 Å². The van der Waals surface area contributed by atoms with E-state index in [1.807, 2.05) is 19.1 Å². The van der Waals surface area contributed by atoms with E-state index < -0.39 is 10.0 Å². The second-order valence-electron chi connectivity index (χ2n) is 5.52. The SMILES string of the molecule is CCCCS(=O)(=O)Nc1ccc(C2CN(C)CCO2)cc1. The zero-order valence-corrected chi connectivity index (χ0v) is 13.5. The Morgan fingerprint density at radius 3 is 2.67 bits per heavy atom. The number of benzene rings is 1. The maximum absolute atomic E-state index is 11.8. The van der Waals surface area contributed by atoms with Gasteiger partial charge in [-0.1, -0.05) is 25.5 Å².